The number of hydrogen-bond acceptors (Lipinski definition) is 6. The largest absolute Gasteiger partial charge is 0.444 e. The van der Waals surface area contributed by atoms with Crippen molar-refractivity contribution in [1.29, 1.82) is 0 Å². The van der Waals surface area contributed by atoms with Gasteiger partial charge in [0.15, 0.2) is 5.82 Å². The maximum absolute atomic E-state index is 13.2. The summed E-state index contributed by atoms with van der Waals surface area (Å²) in [6, 6.07) is 2.46. The van der Waals surface area contributed by atoms with Crippen LogP contribution in [0.2, 0.25) is 0 Å². The Morgan fingerprint density at radius 2 is 1.61 bits per heavy atom. The first-order valence-electron chi connectivity index (χ1n) is 13.6. The number of carbonyl (C=O) groups excluding carboxylic acids is 2. The number of likely N-dealkylation sites (tertiary alicyclic amines) is 1. The van der Waals surface area contributed by atoms with Crippen molar-refractivity contribution in [2.24, 2.45) is 5.92 Å². The summed E-state index contributed by atoms with van der Waals surface area (Å²) in [5.74, 6) is 1.41. The van der Waals surface area contributed by atoms with Gasteiger partial charge in [-0.1, -0.05) is 0 Å². The summed E-state index contributed by atoms with van der Waals surface area (Å²) >= 11 is 0. The quantitative estimate of drug-likeness (QED) is 0.630. The first-order chi connectivity index (χ1) is 16.8. The van der Waals surface area contributed by atoms with E-state index in [0.717, 1.165) is 69.9 Å². The minimum Gasteiger partial charge on any atom is -0.444 e. The van der Waals surface area contributed by atoms with Gasteiger partial charge < -0.3 is 24.3 Å². The van der Waals surface area contributed by atoms with Crippen molar-refractivity contribution in [3.8, 4) is 0 Å². The molecule has 202 valence electrons. The molecule has 0 aliphatic carbocycles. The highest BCUT2D eigenvalue weighted by Gasteiger charge is 2.40. The second-order valence-corrected chi connectivity index (χ2v) is 12.6. The molecule has 9 heteroatoms. The van der Waals surface area contributed by atoms with Crippen LogP contribution in [0.3, 0.4) is 0 Å². The Labute approximate surface area is 216 Å². The second-order valence-electron chi connectivity index (χ2n) is 12.6. The van der Waals surface area contributed by atoms with Gasteiger partial charge in [0.25, 0.3) is 0 Å². The van der Waals surface area contributed by atoms with Crippen molar-refractivity contribution in [1.82, 2.24) is 24.5 Å². The molecule has 3 saturated heterocycles. The van der Waals surface area contributed by atoms with E-state index in [9.17, 15) is 9.59 Å². The fourth-order valence-corrected chi connectivity index (χ4v) is 5.92. The third-order valence-electron chi connectivity index (χ3n) is 7.99. The van der Waals surface area contributed by atoms with Gasteiger partial charge in [-0.3, -0.25) is 9.48 Å². The molecule has 3 aliphatic rings. The first-order valence-corrected chi connectivity index (χ1v) is 13.6. The van der Waals surface area contributed by atoms with Crippen LogP contribution in [-0.4, -0.2) is 100 Å². The number of anilines is 1. The molecule has 0 aromatic carbocycles. The molecule has 9 nitrogen and oxygen atoms in total. The van der Waals surface area contributed by atoms with E-state index in [-0.39, 0.29) is 23.6 Å². The molecule has 0 spiro atoms. The van der Waals surface area contributed by atoms with Crippen LogP contribution in [0.5, 0.6) is 0 Å². The zero-order valence-corrected chi connectivity index (χ0v) is 23.4. The van der Waals surface area contributed by atoms with Gasteiger partial charge in [0.05, 0.1) is 6.04 Å². The SMILES string of the molecule is Cc1cc(N2CCC(C(=O)N3CCN(C)CC3)CC2(C)C)nn1C1CCN(C(=O)OC(C)(C)C)CC1. The van der Waals surface area contributed by atoms with E-state index in [4.69, 9.17) is 9.84 Å². The molecule has 3 aliphatic heterocycles. The summed E-state index contributed by atoms with van der Waals surface area (Å²) in [6.07, 6.45) is 3.22. The minimum atomic E-state index is -0.475. The lowest BCUT2D eigenvalue weighted by atomic mass is 9.81. The third kappa shape index (κ3) is 5.98. The van der Waals surface area contributed by atoms with Crippen molar-refractivity contribution in [2.75, 3.05) is 57.8 Å². The molecule has 2 amide bonds. The fraction of sp³-hybridized carbons (Fsp3) is 0.815. The Morgan fingerprint density at radius 1 is 0.972 bits per heavy atom. The van der Waals surface area contributed by atoms with E-state index >= 15 is 0 Å². The summed E-state index contributed by atoms with van der Waals surface area (Å²) in [7, 11) is 2.12. The Bertz CT molecular complexity index is 936. The second kappa shape index (κ2) is 10.2. The number of aryl methyl sites for hydroxylation is 1. The predicted molar refractivity (Wildman–Crippen MR) is 141 cm³/mol. The maximum Gasteiger partial charge on any atom is 0.410 e. The fourth-order valence-electron chi connectivity index (χ4n) is 5.92. The number of piperidine rings is 2. The Hall–Kier alpha value is -2.29. The van der Waals surface area contributed by atoms with Crippen LogP contribution in [0, 0.1) is 12.8 Å². The monoisotopic (exact) mass is 502 g/mol. The van der Waals surface area contributed by atoms with E-state index in [1.165, 1.54) is 0 Å². The van der Waals surface area contributed by atoms with Gasteiger partial charge in [0.2, 0.25) is 5.91 Å². The van der Waals surface area contributed by atoms with Crippen LogP contribution in [0.25, 0.3) is 0 Å². The summed E-state index contributed by atoms with van der Waals surface area (Å²) in [4.78, 5) is 34.2. The lowest BCUT2D eigenvalue weighted by molar-refractivity contribution is -0.138. The highest BCUT2D eigenvalue weighted by Crippen LogP contribution is 2.37. The molecular weight excluding hydrogens is 456 g/mol. The number of aromatic nitrogens is 2. The molecule has 3 fully saturated rings. The molecule has 1 unspecified atom stereocenters. The number of likely N-dealkylation sites (N-methyl/N-ethyl adjacent to an activating group) is 1. The number of piperazine rings is 1. The number of nitrogens with zero attached hydrogens (tertiary/aromatic N) is 6. The van der Waals surface area contributed by atoms with Gasteiger partial charge in [-0.25, -0.2) is 4.79 Å². The maximum atomic E-state index is 13.2. The molecule has 0 saturated carbocycles. The van der Waals surface area contributed by atoms with Crippen LogP contribution in [-0.2, 0) is 9.53 Å². The van der Waals surface area contributed by atoms with Gasteiger partial charge in [0.1, 0.15) is 5.60 Å². The van der Waals surface area contributed by atoms with E-state index in [1.54, 1.807) is 0 Å². The summed E-state index contributed by atoms with van der Waals surface area (Å²) in [6.45, 7) is 18.1. The minimum absolute atomic E-state index is 0.0834. The molecule has 1 atom stereocenters. The molecule has 1 aromatic heterocycles. The number of carbonyl (C=O) groups is 2. The number of rotatable bonds is 3. The highest BCUT2D eigenvalue weighted by molar-refractivity contribution is 5.79. The molecule has 4 rings (SSSR count). The standard InChI is InChI=1S/C27H46N6O3/c1-20-18-23(28-33(20)22-9-11-31(12-10-22)25(35)36-26(2,3)4)32-13-8-21(19-27(32,5)6)24(34)30-16-14-29(7)15-17-30/h18,21-22H,8-17,19H2,1-7H3. The third-order valence-corrected chi connectivity index (χ3v) is 7.99. The van der Waals surface area contributed by atoms with Gasteiger partial charge in [-0.05, 0) is 74.3 Å². The number of ether oxygens (including phenoxy) is 1. The van der Waals surface area contributed by atoms with Crippen LogP contribution in [0.1, 0.15) is 72.0 Å². The van der Waals surface area contributed by atoms with Crippen LogP contribution >= 0.6 is 0 Å². The summed E-state index contributed by atoms with van der Waals surface area (Å²) in [5, 5.41) is 5.06. The molecule has 0 radical (unpaired) electrons. The molecule has 0 N–H and O–H groups in total. The molecule has 1 aromatic rings. The smallest absolute Gasteiger partial charge is 0.410 e. The van der Waals surface area contributed by atoms with E-state index in [0.29, 0.717) is 19.0 Å². The van der Waals surface area contributed by atoms with Gasteiger partial charge in [-0.2, -0.15) is 5.10 Å². The summed E-state index contributed by atoms with van der Waals surface area (Å²) in [5.41, 5.74) is 0.528. The lowest BCUT2D eigenvalue weighted by Crippen LogP contribution is -2.55. The van der Waals surface area contributed by atoms with Crippen molar-refractivity contribution in [3.05, 3.63) is 11.8 Å². The van der Waals surface area contributed by atoms with Crippen molar-refractivity contribution in [3.63, 3.8) is 0 Å². The van der Waals surface area contributed by atoms with Crippen LogP contribution in [0.15, 0.2) is 6.07 Å². The summed E-state index contributed by atoms with van der Waals surface area (Å²) < 4.78 is 7.70. The normalized spacial score (nSPS) is 24.2. The molecule has 4 heterocycles. The highest BCUT2D eigenvalue weighted by atomic mass is 16.6. The Balaban J connectivity index is 1.37. The average molecular weight is 503 g/mol. The number of hydrogen-bond donors (Lipinski definition) is 0. The number of amides is 2. The predicted octanol–water partition coefficient (Wildman–Crippen LogP) is 3.53. The zero-order valence-electron chi connectivity index (χ0n) is 23.4. The van der Waals surface area contributed by atoms with Gasteiger partial charge in [0, 0.05) is 69.0 Å². The van der Waals surface area contributed by atoms with Crippen LogP contribution in [0.4, 0.5) is 10.6 Å². The van der Waals surface area contributed by atoms with Gasteiger partial charge in [-0.15, -0.1) is 0 Å². The topological polar surface area (TPSA) is 74.2 Å². The van der Waals surface area contributed by atoms with E-state index < -0.39 is 5.60 Å². The van der Waals surface area contributed by atoms with Crippen LogP contribution < -0.4 is 4.90 Å². The average Bonchev–Trinajstić information content (AvgIpc) is 3.18. The molecule has 0 bridgehead atoms. The zero-order chi connectivity index (χ0) is 26.3. The van der Waals surface area contributed by atoms with Gasteiger partial charge >= 0.3 is 6.09 Å². The van der Waals surface area contributed by atoms with E-state index in [1.807, 2.05) is 25.7 Å². The Morgan fingerprint density at radius 3 is 2.19 bits per heavy atom. The van der Waals surface area contributed by atoms with Crippen molar-refractivity contribution < 1.29 is 14.3 Å². The first kappa shape index (κ1) is 26.8. The lowest BCUT2D eigenvalue weighted by Gasteiger charge is -2.46. The molecule has 36 heavy (non-hydrogen) atoms. The molecular formula is C27H46N6O3. The van der Waals surface area contributed by atoms with Crippen molar-refractivity contribution in [2.45, 2.75) is 84.4 Å². The Kier molecular flexibility index (Phi) is 7.60. The van der Waals surface area contributed by atoms with E-state index in [2.05, 4.69) is 53.3 Å². The van der Waals surface area contributed by atoms with Crippen molar-refractivity contribution >= 4 is 17.8 Å².